The van der Waals surface area contributed by atoms with Crippen molar-refractivity contribution < 1.29 is 4.92 Å². The van der Waals surface area contributed by atoms with Gasteiger partial charge in [0, 0.05) is 23.1 Å². The number of hydrogen-bond donors (Lipinski definition) is 0. The first-order chi connectivity index (χ1) is 21.1. The molecule has 3 aromatic carbocycles. The highest BCUT2D eigenvalue weighted by atomic mass is 16.6. The number of benzene rings is 3. The van der Waals surface area contributed by atoms with Crippen LogP contribution in [0.4, 0.5) is 5.69 Å². The highest BCUT2D eigenvalue weighted by molar-refractivity contribution is 5.83. The molecule has 1 aliphatic carbocycles. The zero-order chi connectivity index (χ0) is 30.1. The number of fused-ring (bicyclic) bond motifs is 3. The van der Waals surface area contributed by atoms with Gasteiger partial charge in [-0.1, -0.05) is 133 Å². The summed E-state index contributed by atoms with van der Waals surface area (Å²) >= 11 is 0. The van der Waals surface area contributed by atoms with Crippen LogP contribution in [0, 0.1) is 10.1 Å². The lowest BCUT2D eigenvalue weighted by molar-refractivity contribution is -0.384. The molecule has 0 fully saturated rings. The van der Waals surface area contributed by atoms with Crippen molar-refractivity contribution in [1.82, 2.24) is 15.0 Å². The molecule has 0 amide bonds. The third-order valence-electron chi connectivity index (χ3n) is 9.30. The average molecular weight is 579 g/mol. The molecule has 0 saturated carbocycles. The van der Waals surface area contributed by atoms with E-state index in [1.54, 1.807) is 16.8 Å². The predicted octanol–water partition coefficient (Wildman–Crippen LogP) is 10.6. The molecule has 0 aliphatic heterocycles. The summed E-state index contributed by atoms with van der Waals surface area (Å²) in [6, 6.07) is 22.4. The van der Waals surface area contributed by atoms with Crippen molar-refractivity contribution in [3.63, 3.8) is 0 Å². The Morgan fingerprint density at radius 3 is 1.98 bits per heavy atom. The van der Waals surface area contributed by atoms with Gasteiger partial charge in [0.05, 0.1) is 16.8 Å². The molecular formula is C37H46N4O2. The third-order valence-corrected chi connectivity index (χ3v) is 9.30. The van der Waals surface area contributed by atoms with Crippen molar-refractivity contribution in [3.8, 4) is 28.1 Å². The molecule has 0 saturated heterocycles. The van der Waals surface area contributed by atoms with Crippen molar-refractivity contribution >= 4 is 5.69 Å². The van der Waals surface area contributed by atoms with Crippen molar-refractivity contribution in [1.29, 1.82) is 0 Å². The van der Waals surface area contributed by atoms with Gasteiger partial charge >= 0.3 is 0 Å². The molecule has 6 heteroatoms. The smallest absolute Gasteiger partial charge is 0.258 e. The summed E-state index contributed by atoms with van der Waals surface area (Å²) in [6.07, 6.45) is 19.9. The zero-order valence-electron chi connectivity index (χ0n) is 25.9. The van der Waals surface area contributed by atoms with Gasteiger partial charge in [0.2, 0.25) is 0 Å². The molecule has 0 spiro atoms. The molecule has 43 heavy (non-hydrogen) atoms. The second kappa shape index (κ2) is 14.6. The van der Waals surface area contributed by atoms with Crippen LogP contribution in [0.3, 0.4) is 0 Å². The van der Waals surface area contributed by atoms with Crippen molar-refractivity contribution in [2.24, 2.45) is 0 Å². The van der Waals surface area contributed by atoms with E-state index in [1.165, 1.54) is 124 Å². The van der Waals surface area contributed by atoms with Crippen LogP contribution in [-0.4, -0.2) is 19.9 Å². The van der Waals surface area contributed by atoms with E-state index in [0.717, 1.165) is 16.9 Å². The average Bonchev–Trinajstić information content (AvgIpc) is 3.63. The normalized spacial score (nSPS) is 13.2. The Bertz CT molecular complexity index is 1470. The first-order valence-electron chi connectivity index (χ1n) is 16.5. The maximum atomic E-state index is 11.1. The highest BCUT2D eigenvalue weighted by Crippen LogP contribution is 2.54. The number of rotatable bonds is 17. The third kappa shape index (κ3) is 6.90. The minimum absolute atomic E-state index is 0.0197. The molecule has 0 unspecified atom stereocenters. The summed E-state index contributed by atoms with van der Waals surface area (Å²) in [5, 5.41) is 20.0. The summed E-state index contributed by atoms with van der Waals surface area (Å²) in [4.78, 5) is 10.7. The standard InChI is InChI=1S/C37H46N4O2/c1-3-5-7-9-11-15-25-37(26-16-12-10-8-6-4-2)34-18-14-13-17-32(34)33-24-19-29(27-35(33)37)36-28-40(39-38-36)30-20-22-31(23-21-30)41(42)43/h13-14,17-24,27-28H,3-12,15-16,25-26H2,1-2H3. The fourth-order valence-electron chi connectivity index (χ4n) is 6.94. The Morgan fingerprint density at radius 1 is 0.721 bits per heavy atom. The maximum Gasteiger partial charge on any atom is 0.269 e. The van der Waals surface area contributed by atoms with Gasteiger partial charge < -0.3 is 0 Å². The van der Waals surface area contributed by atoms with Gasteiger partial charge in [-0.05, 0) is 53.3 Å². The molecule has 1 aromatic heterocycles. The van der Waals surface area contributed by atoms with Crippen molar-refractivity contribution in [3.05, 3.63) is 94.2 Å². The number of non-ortho nitro benzene ring substituents is 1. The van der Waals surface area contributed by atoms with Crippen LogP contribution in [0.1, 0.15) is 115 Å². The van der Waals surface area contributed by atoms with E-state index in [1.807, 2.05) is 6.20 Å². The summed E-state index contributed by atoms with van der Waals surface area (Å²) in [7, 11) is 0. The molecular weight excluding hydrogens is 532 g/mol. The van der Waals surface area contributed by atoms with Gasteiger partial charge in [0.1, 0.15) is 5.69 Å². The van der Waals surface area contributed by atoms with E-state index in [9.17, 15) is 10.1 Å². The van der Waals surface area contributed by atoms with Gasteiger partial charge in [-0.3, -0.25) is 10.1 Å². The molecule has 0 radical (unpaired) electrons. The van der Waals surface area contributed by atoms with Gasteiger partial charge in [-0.2, -0.15) is 0 Å². The fourth-order valence-corrected chi connectivity index (χ4v) is 6.94. The van der Waals surface area contributed by atoms with Crippen LogP contribution < -0.4 is 0 Å². The molecule has 0 atom stereocenters. The number of nitro benzene ring substituents is 1. The van der Waals surface area contributed by atoms with Crippen molar-refractivity contribution in [2.45, 2.75) is 109 Å². The molecule has 226 valence electrons. The Labute approximate surface area is 256 Å². The monoisotopic (exact) mass is 578 g/mol. The first-order valence-corrected chi connectivity index (χ1v) is 16.5. The Morgan fingerprint density at radius 2 is 1.33 bits per heavy atom. The van der Waals surface area contributed by atoms with Gasteiger partial charge in [-0.15, -0.1) is 5.10 Å². The lowest BCUT2D eigenvalue weighted by Crippen LogP contribution is -2.25. The van der Waals surface area contributed by atoms with Gasteiger partial charge in [0.15, 0.2) is 0 Å². The van der Waals surface area contributed by atoms with Crippen LogP contribution in [0.5, 0.6) is 0 Å². The molecule has 1 aliphatic rings. The summed E-state index contributed by atoms with van der Waals surface area (Å²) < 4.78 is 1.70. The van der Waals surface area contributed by atoms with E-state index >= 15 is 0 Å². The molecule has 5 rings (SSSR count). The number of aromatic nitrogens is 3. The largest absolute Gasteiger partial charge is 0.269 e. The lowest BCUT2D eigenvalue weighted by atomic mass is 9.70. The van der Waals surface area contributed by atoms with E-state index in [0.29, 0.717) is 0 Å². The van der Waals surface area contributed by atoms with Gasteiger partial charge in [-0.25, -0.2) is 4.68 Å². The second-order valence-electron chi connectivity index (χ2n) is 12.2. The summed E-state index contributed by atoms with van der Waals surface area (Å²) in [6.45, 7) is 4.56. The minimum Gasteiger partial charge on any atom is -0.258 e. The van der Waals surface area contributed by atoms with Crippen LogP contribution in [0.25, 0.3) is 28.1 Å². The summed E-state index contributed by atoms with van der Waals surface area (Å²) in [5.41, 5.74) is 8.39. The van der Waals surface area contributed by atoms with Crippen LogP contribution >= 0.6 is 0 Å². The van der Waals surface area contributed by atoms with Gasteiger partial charge in [0.25, 0.3) is 5.69 Å². The molecule has 1 heterocycles. The van der Waals surface area contributed by atoms with Crippen molar-refractivity contribution in [2.75, 3.05) is 0 Å². The Hall–Kier alpha value is -3.80. The Kier molecular flexibility index (Phi) is 10.4. The quantitative estimate of drug-likeness (QED) is 0.0709. The second-order valence-corrected chi connectivity index (χ2v) is 12.2. The number of hydrogen-bond acceptors (Lipinski definition) is 4. The zero-order valence-corrected chi connectivity index (χ0v) is 25.9. The molecule has 6 nitrogen and oxygen atoms in total. The van der Waals surface area contributed by atoms with E-state index < -0.39 is 0 Å². The molecule has 4 aromatic rings. The SMILES string of the molecule is CCCCCCCCC1(CCCCCCCC)c2ccccc2-c2ccc(-c3cn(-c4ccc([N+](=O)[O-])cc4)nn3)cc21. The van der Waals surface area contributed by atoms with Crippen LogP contribution in [-0.2, 0) is 5.41 Å². The van der Waals surface area contributed by atoms with E-state index in [-0.39, 0.29) is 16.0 Å². The predicted molar refractivity (Wildman–Crippen MR) is 176 cm³/mol. The molecule has 0 N–H and O–H groups in total. The number of unbranched alkanes of at least 4 members (excludes halogenated alkanes) is 10. The maximum absolute atomic E-state index is 11.1. The number of nitrogens with zero attached hydrogens (tertiary/aromatic N) is 4. The topological polar surface area (TPSA) is 73.8 Å². The van der Waals surface area contributed by atoms with Crippen LogP contribution in [0.15, 0.2) is 72.9 Å². The van der Waals surface area contributed by atoms with E-state index in [4.69, 9.17) is 0 Å². The molecule has 0 bridgehead atoms. The first kappa shape index (κ1) is 30.7. The number of nitro groups is 1. The Balaban J connectivity index is 1.45. The van der Waals surface area contributed by atoms with E-state index in [2.05, 4.69) is 66.6 Å². The summed E-state index contributed by atoms with van der Waals surface area (Å²) in [5.74, 6) is 0. The lowest BCUT2D eigenvalue weighted by Gasteiger charge is -2.33. The highest BCUT2D eigenvalue weighted by Gasteiger charge is 2.42. The minimum atomic E-state index is -0.387. The van der Waals surface area contributed by atoms with Crippen LogP contribution in [0.2, 0.25) is 0 Å². The fraction of sp³-hybridized carbons (Fsp3) is 0.459.